The second-order valence-corrected chi connectivity index (χ2v) is 30.8. The van der Waals surface area contributed by atoms with Crippen molar-refractivity contribution in [1.29, 1.82) is 0 Å². The number of nitrogens with zero attached hydrogens (tertiary/aromatic N) is 9. The SMILES string of the molecule is CC[C@H](C)[C@@H]1NC(=O)[C@H](COC2CCC2)N(C)C(=O)C[C@@H](C(=O)N2CCCCC2)N(C)C(=O)[C@H](C2CCCCC2)N(C)C(=O)C2(CCCC2)NC(=O)C2CCCN2C(=O)[C@H](CCc2ccc(C(F)(F)F)c(Cl)c2)NC(=O)CN(C)C(=O)[C@H](CC2CCCCC2)N(C)C(=O)CN(C)C(=O)CN(C)C1=O. The van der Waals surface area contributed by atoms with Crippen molar-refractivity contribution < 1.29 is 75.4 Å². The fourth-order valence-corrected chi connectivity index (χ4v) is 16.4. The molecule has 1 aromatic carbocycles. The van der Waals surface area contributed by atoms with Crippen LogP contribution >= 0.6 is 11.6 Å². The van der Waals surface area contributed by atoms with Crippen LogP contribution in [0.5, 0.6) is 0 Å². The zero-order chi connectivity index (χ0) is 75.2. The fourth-order valence-electron chi connectivity index (χ4n) is 16.1. The van der Waals surface area contributed by atoms with Gasteiger partial charge in [-0.15, -0.1) is 0 Å². The molecule has 7 aliphatic rings. The summed E-state index contributed by atoms with van der Waals surface area (Å²) in [5, 5.41) is 8.17. The number of amides is 12. The van der Waals surface area contributed by atoms with Gasteiger partial charge < -0.3 is 64.8 Å². The Morgan fingerprint density at radius 3 is 1.84 bits per heavy atom. The predicted octanol–water partition coefficient (Wildman–Crippen LogP) is 5.95. The van der Waals surface area contributed by atoms with Crippen LogP contribution in [0.3, 0.4) is 0 Å². The lowest BCUT2D eigenvalue weighted by Gasteiger charge is -2.43. The maximum atomic E-state index is 15.9. The monoisotopic (exact) mass is 1470 g/mol. The molecule has 103 heavy (non-hydrogen) atoms. The molecule has 3 heterocycles. The third-order valence-electron chi connectivity index (χ3n) is 23.2. The largest absolute Gasteiger partial charge is 0.417 e. The topological polar surface area (TPSA) is 279 Å². The first-order valence-electron chi connectivity index (χ1n) is 37.6. The van der Waals surface area contributed by atoms with Gasteiger partial charge in [0, 0.05) is 69.0 Å². The van der Waals surface area contributed by atoms with Crippen molar-refractivity contribution in [3.63, 3.8) is 0 Å². The Balaban J connectivity index is 1.17. The molecule has 0 bridgehead atoms. The van der Waals surface area contributed by atoms with Crippen molar-refractivity contribution in [3.8, 4) is 0 Å². The van der Waals surface area contributed by atoms with Crippen molar-refractivity contribution >= 4 is 82.5 Å². The molecule has 29 heteroatoms. The number of rotatable bonds is 12. The number of halogens is 4. The standard InChI is InChI=1S/C74H112ClF3N12O13/c1-10-47(2)63-70(100)84(5)44-61(93)82(3)45-62(94)85(6)56(41-48-24-14-11-15-25-48)68(98)83(4)43-59(91)79-54(34-32-49-31-33-52(53(75)40-49)74(76,77)78)67(97)90-39-23-30-55(90)66(96)81-73(35-18-19-36-73)72(102)88(9)64(50-26-16-12-17-27-50)71(101)87(8)57(69(99)89-37-20-13-21-38-89)42-60(92)86(7)58(65(95)80-63)46-103-51-28-22-29-51/h31,33,40,47-48,50-51,54-58,63-64H,10-30,32,34-39,41-46H2,1-9H3,(H,79,91)(H,80,95)(H,81,96)/t47-,54-,55?,56-,57-,58-,63-,64-/m0/s1. The average Bonchev–Trinajstić information content (AvgIpc) is 1.76. The van der Waals surface area contributed by atoms with Crippen molar-refractivity contribution in [1.82, 2.24) is 60.0 Å². The highest BCUT2D eigenvalue weighted by atomic mass is 35.5. The molecule has 1 spiro atoms. The molecular weight excluding hydrogens is 1360 g/mol. The Labute approximate surface area is 610 Å². The normalized spacial score (nSPS) is 27.3. The molecule has 3 aliphatic heterocycles. The molecule has 12 amide bonds. The van der Waals surface area contributed by atoms with E-state index in [1.165, 1.54) is 79.9 Å². The predicted molar refractivity (Wildman–Crippen MR) is 378 cm³/mol. The van der Waals surface area contributed by atoms with Gasteiger partial charge in [-0.25, -0.2) is 0 Å². The second-order valence-electron chi connectivity index (χ2n) is 30.4. The van der Waals surface area contributed by atoms with E-state index in [1.54, 1.807) is 11.8 Å². The van der Waals surface area contributed by atoms with Gasteiger partial charge in [-0.3, -0.25) is 57.5 Å². The van der Waals surface area contributed by atoms with Crippen molar-refractivity contribution in [2.45, 2.75) is 247 Å². The number of ether oxygens (including phenoxy) is 1. The number of benzene rings is 1. The van der Waals surface area contributed by atoms with Gasteiger partial charge in [-0.2, -0.15) is 13.2 Å². The van der Waals surface area contributed by atoms with Crippen LogP contribution in [0.25, 0.3) is 0 Å². The molecule has 3 saturated heterocycles. The third-order valence-corrected chi connectivity index (χ3v) is 23.5. The van der Waals surface area contributed by atoms with Gasteiger partial charge in [0.2, 0.25) is 70.9 Å². The number of nitrogens with one attached hydrogen (secondary N) is 3. The van der Waals surface area contributed by atoms with E-state index < -0.39 is 173 Å². The van der Waals surface area contributed by atoms with Gasteiger partial charge in [-0.1, -0.05) is 102 Å². The van der Waals surface area contributed by atoms with E-state index in [0.717, 1.165) is 104 Å². The maximum Gasteiger partial charge on any atom is 0.417 e. The lowest BCUT2D eigenvalue weighted by Crippen LogP contribution is -2.65. The molecule has 1 unspecified atom stereocenters. The van der Waals surface area contributed by atoms with Crippen LogP contribution < -0.4 is 16.0 Å². The Hall–Kier alpha value is -7.10. The van der Waals surface area contributed by atoms with E-state index in [-0.39, 0.29) is 63.7 Å². The highest BCUT2D eigenvalue weighted by Gasteiger charge is 2.52. The van der Waals surface area contributed by atoms with Gasteiger partial charge in [0.05, 0.1) is 49.4 Å². The summed E-state index contributed by atoms with van der Waals surface area (Å²) in [5.74, 6) is -8.77. The Bertz CT molecular complexity index is 3210. The minimum Gasteiger partial charge on any atom is -0.376 e. The number of likely N-dealkylation sites (tertiary alicyclic amines) is 1. The molecule has 0 aromatic heterocycles. The highest BCUT2D eigenvalue weighted by molar-refractivity contribution is 6.31. The summed E-state index contributed by atoms with van der Waals surface area (Å²) in [6.45, 7) is 2.37. The Morgan fingerprint density at radius 2 is 1.23 bits per heavy atom. The molecule has 8 rings (SSSR count). The van der Waals surface area contributed by atoms with Crippen molar-refractivity contribution in [3.05, 3.63) is 34.3 Å². The number of hydrogen-bond donors (Lipinski definition) is 3. The first-order valence-corrected chi connectivity index (χ1v) is 38.0. The minimum atomic E-state index is -4.76. The van der Waals surface area contributed by atoms with E-state index in [1.807, 2.05) is 6.92 Å². The van der Waals surface area contributed by atoms with Crippen LogP contribution in [0.1, 0.15) is 192 Å². The fraction of sp³-hybridized carbons (Fsp3) is 0.757. The third kappa shape index (κ3) is 20.5. The number of carbonyl (C=O) groups is 12. The van der Waals surface area contributed by atoms with E-state index in [4.69, 9.17) is 16.3 Å². The van der Waals surface area contributed by atoms with Crippen LogP contribution in [0.15, 0.2) is 18.2 Å². The van der Waals surface area contributed by atoms with Crippen LogP contribution in [0.2, 0.25) is 5.02 Å². The maximum absolute atomic E-state index is 15.9. The lowest BCUT2D eigenvalue weighted by atomic mass is 9.81. The molecule has 25 nitrogen and oxygen atoms in total. The molecule has 8 atom stereocenters. The zero-order valence-corrected chi connectivity index (χ0v) is 62.7. The van der Waals surface area contributed by atoms with Gasteiger partial charge in [0.25, 0.3) is 0 Å². The minimum absolute atomic E-state index is 0.0151. The van der Waals surface area contributed by atoms with Gasteiger partial charge >= 0.3 is 6.18 Å². The van der Waals surface area contributed by atoms with Crippen LogP contribution in [0.4, 0.5) is 13.2 Å². The van der Waals surface area contributed by atoms with Crippen LogP contribution in [-0.2, 0) is 74.9 Å². The molecule has 1 aromatic rings. The van der Waals surface area contributed by atoms with Gasteiger partial charge in [0.15, 0.2) is 0 Å². The van der Waals surface area contributed by atoms with Crippen molar-refractivity contribution in [2.75, 3.05) is 95.2 Å². The molecular formula is C74H112ClF3N12O13. The molecule has 0 radical (unpaired) electrons. The molecule has 4 saturated carbocycles. The first-order chi connectivity index (χ1) is 48.8. The van der Waals surface area contributed by atoms with Crippen molar-refractivity contribution in [2.24, 2.45) is 17.8 Å². The number of likely N-dealkylation sites (N-methyl/N-ethyl adjacent to an activating group) is 7. The highest BCUT2D eigenvalue weighted by Crippen LogP contribution is 2.39. The number of alkyl halides is 3. The van der Waals surface area contributed by atoms with E-state index in [9.17, 15) is 41.9 Å². The lowest BCUT2D eigenvalue weighted by molar-refractivity contribution is -0.157. The summed E-state index contributed by atoms with van der Waals surface area (Å²) in [7, 11) is 9.97. The molecule has 4 aliphatic carbocycles. The number of fused-ring (bicyclic) bond motifs is 1. The smallest absolute Gasteiger partial charge is 0.376 e. The number of carbonyl (C=O) groups excluding carboxylic acids is 12. The quantitative estimate of drug-likeness (QED) is 0.219. The first kappa shape index (κ1) is 81.6. The number of aryl methyl sites for hydroxylation is 1. The van der Waals surface area contributed by atoms with Gasteiger partial charge in [-0.05, 0) is 132 Å². The summed E-state index contributed by atoms with van der Waals surface area (Å²) >= 11 is 6.17. The van der Waals surface area contributed by atoms with E-state index in [0.29, 0.717) is 70.0 Å². The summed E-state index contributed by atoms with van der Waals surface area (Å²) in [6.07, 6.45) is 8.95. The Morgan fingerprint density at radius 1 is 0.621 bits per heavy atom. The zero-order valence-electron chi connectivity index (χ0n) is 62.0. The van der Waals surface area contributed by atoms with Gasteiger partial charge in [0.1, 0.15) is 47.8 Å². The van der Waals surface area contributed by atoms with Crippen LogP contribution in [-0.4, -0.2) is 264 Å². The summed E-state index contributed by atoms with van der Waals surface area (Å²) < 4.78 is 47.9. The summed E-state index contributed by atoms with van der Waals surface area (Å²) in [4.78, 5) is 192. The summed E-state index contributed by atoms with van der Waals surface area (Å²) in [5.41, 5.74) is -2.35. The second kappa shape index (κ2) is 36.7. The number of piperidine rings is 1. The molecule has 574 valence electrons. The molecule has 7 fully saturated rings. The Kier molecular flexibility index (Phi) is 29.1. The van der Waals surface area contributed by atoms with E-state index in [2.05, 4.69) is 16.0 Å². The summed E-state index contributed by atoms with van der Waals surface area (Å²) in [6, 6.07) is -5.79. The molecule has 3 N–H and O–H groups in total. The van der Waals surface area contributed by atoms with Crippen LogP contribution in [0, 0.1) is 17.8 Å². The average molecular weight is 1470 g/mol. The number of hydrogen-bond acceptors (Lipinski definition) is 13. The van der Waals surface area contributed by atoms with E-state index >= 15 is 28.8 Å².